The van der Waals surface area contributed by atoms with Gasteiger partial charge in [0.1, 0.15) is 23.6 Å². The van der Waals surface area contributed by atoms with E-state index in [1.165, 1.54) is 5.69 Å². The van der Waals surface area contributed by atoms with E-state index in [9.17, 15) is 0 Å². The van der Waals surface area contributed by atoms with E-state index in [1.807, 2.05) is 18.2 Å². The monoisotopic (exact) mass is 335 g/mol. The second-order valence-electron chi connectivity index (χ2n) is 4.86. The van der Waals surface area contributed by atoms with Crippen LogP contribution in [0.4, 0.5) is 0 Å². The quantitative estimate of drug-likeness (QED) is 0.867. The molecule has 6 heteroatoms. The first-order chi connectivity index (χ1) is 9.83. The number of rotatable bonds is 1. The van der Waals surface area contributed by atoms with Crippen molar-refractivity contribution in [1.29, 1.82) is 0 Å². The molecule has 104 valence electrons. The second-order valence-corrected chi connectivity index (χ2v) is 5.61. The second kappa shape index (κ2) is 4.79. The van der Waals surface area contributed by atoms with Crippen LogP contribution in [0.1, 0.15) is 5.69 Å². The molecule has 4 rings (SSSR count). The van der Waals surface area contributed by atoms with E-state index >= 15 is 0 Å². The van der Waals surface area contributed by atoms with Crippen LogP contribution < -0.4 is 14.8 Å². The average Bonchev–Trinajstić information content (AvgIpc) is 2.85. The molecule has 20 heavy (non-hydrogen) atoms. The molecule has 0 atom stereocenters. The summed E-state index contributed by atoms with van der Waals surface area (Å²) >= 11 is 3.55. The van der Waals surface area contributed by atoms with Gasteiger partial charge in [0.2, 0.25) is 0 Å². The number of benzene rings is 1. The molecule has 0 fully saturated rings. The molecule has 0 aliphatic carbocycles. The molecule has 0 spiro atoms. The molecule has 1 aromatic carbocycles. The molecule has 2 aliphatic rings. The van der Waals surface area contributed by atoms with E-state index in [1.54, 1.807) is 0 Å². The largest absolute Gasteiger partial charge is 0.486 e. The molecule has 0 amide bonds. The van der Waals surface area contributed by atoms with Gasteiger partial charge in [-0.3, -0.25) is 0 Å². The van der Waals surface area contributed by atoms with E-state index in [0.29, 0.717) is 13.2 Å². The van der Waals surface area contributed by atoms with Gasteiger partial charge in [-0.15, -0.1) is 0 Å². The lowest BCUT2D eigenvalue weighted by molar-refractivity contribution is 0.171. The summed E-state index contributed by atoms with van der Waals surface area (Å²) in [5.41, 5.74) is 2.25. The first-order valence-corrected chi connectivity index (χ1v) is 7.48. The van der Waals surface area contributed by atoms with Gasteiger partial charge in [0.25, 0.3) is 0 Å². The summed E-state index contributed by atoms with van der Waals surface area (Å²) in [6, 6.07) is 6.01. The number of halogens is 1. The van der Waals surface area contributed by atoms with Gasteiger partial charge >= 0.3 is 0 Å². The number of imidazole rings is 1. The highest BCUT2D eigenvalue weighted by atomic mass is 79.9. The fourth-order valence-electron chi connectivity index (χ4n) is 2.67. The van der Waals surface area contributed by atoms with Gasteiger partial charge in [0.05, 0.1) is 5.69 Å². The van der Waals surface area contributed by atoms with Gasteiger partial charge in [0.15, 0.2) is 11.5 Å². The van der Waals surface area contributed by atoms with Crippen molar-refractivity contribution in [2.75, 3.05) is 19.8 Å². The van der Waals surface area contributed by atoms with Crippen LogP contribution in [0.2, 0.25) is 0 Å². The number of hydrogen-bond acceptors (Lipinski definition) is 4. The summed E-state index contributed by atoms with van der Waals surface area (Å²) < 4.78 is 14.4. The van der Waals surface area contributed by atoms with Crippen LogP contribution in [0.5, 0.6) is 11.5 Å². The third-order valence-electron chi connectivity index (χ3n) is 3.63. The van der Waals surface area contributed by atoms with E-state index in [-0.39, 0.29) is 0 Å². The Balaban J connectivity index is 1.81. The predicted molar refractivity (Wildman–Crippen MR) is 78.1 cm³/mol. The molecule has 2 aliphatic heterocycles. The van der Waals surface area contributed by atoms with Crippen LogP contribution in [0.3, 0.4) is 0 Å². The number of aromatic nitrogens is 2. The number of nitrogens with one attached hydrogen (secondary N) is 1. The lowest BCUT2D eigenvalue weighted by Crippen LogP contribution is -2.28. The first-order valence-electron chi connectivity index (χ1n) is 6.68. The summed E-state index contributed by atoms with van der Waals surface area (Å²) in [7, 11) is 0. The van der Waals surface area contributed by atoms with Crippen LogP contribution in [0, 0.1) is 0 Å². The summed E-state index contributed by atoms with van der Waals surface area (Å²) in [4.78, 5) is 4.65. The van der Waals surface area contributed by atoms with Crippen molar-refractivity contribution in [2.24, 2.45) is 0 Å². The smallest absolute Gasteiger partial charge is 0.162 e. The maximum atomic E-state index is 5.65. The molecule has 5 nitrogen and oxygen atoms in total. The minimum absolute atomic E-state index is 0.601. The lowest BCUT2D eigenvalue weighted by atomic mass is 10.1. The van der Waals surface area contributed by atoms with Crippen LogP contribution >= 0.6 is 15.9 Å². The Hall–Kier alpha value is -1.53. The number of hydrogen-bond donors (Lipinski definition) is 1. The van der Waals surface area contributed by atoms with Crippen molar-refractivity contribution in [1.82, 2.24) is 14.9 Å². The Bertz CT molecular complexity index is 669. The fourth-order valence-corrected chi connectivity index (χ4v) is 3.19. The van der Waals surface area contributed by atoms with Crippen molar-refractivity contribution in [3.63, 3.8) is 0 Å². The molecule has 2 aromatic rings. The van der Waals surface area contributed by atoms with Crippen molar-refractivity contribution >= 4 is 15.9 Å². The van der Waals surface area contributed by atoms with Gasteiger partial charge in [-0.25, -0.2) is 4.98 Å². The third kappa shape index (κ3) is 1.91. The van der Waals surface area contributed by atoms with E-state index in [0.717, 1.165) is 47.1 Å². The first kappa shape index (κ1) is 12.2. The number of ether oxygens (including phenoxy) is 2. The normalized spacial score (nSPS) is 16.9. The Kier molecular flexibility index (Phi) is 2.93. The Morgan fingerprint density at radius 2 is 2.05 bits per heavy atom. The van der Waals surface area contributed by atoms with Crippen molar-refractivity contribution < 1.29 is 9.47 Å². The average molecular weight is 336 g/mol. The Labute approximate surface area is 125 Å². The Morgan fingerprint density at radius 1 is 1.20 bits per heavy atom. The molecule has 3 heterocycles. The number of nitrogens with zero attached hydrogens (tertiary/aromatic N) is 2. The summed E-state index contributed by atoms with van der Waals surface area (Å²) in [5.74, 6) is 2.59. The maximum Gasteiger partial charge on any atom is 0.162 e. The fraction of sp³-hybridized carbons (Fsp3) is 0.357. The van der Waals surface area contributed by atoms with Gasteiger partial charge in [0, 0.05) is 25.2 Å². The summed E-state index contributed by atoms with van der Waals surface area (Å²) in [6.07, 6.45) is 0. The van der Waals surface area contributed by atoms with Crippen LogP contribution in [-0.2, 0) is 13.1 Å². The topological polar surface area (TPSA) is 48.3 Å². The minimum atomic E-state index is 0.601. The minimum Gasteiger partial charge on any atom is -0.486 e. The third-order valence-corrected chi connectivity index (χ3v) is 4.26. The molecule has 0 radical (unpaired) electrons. The molecule has 1 N–H and O–H groups in total. The van der Waals surface area contributed by atoms with Crippen molar-refractivity contribution in [3.8, 4) is 22.9 Å². The van der Waals surface area contributed by atoms with Gasteiger partial charge in [-0.1, -0.05) is 0 Å². The predicted octanol–water partition coefficient (Wildman–Crippen LogP) is 2.19. The van der Waals surface area contributed by atoms with Crippen LogP contribution in [0.25, 0.3) is 11.4 Å². The summed E-state index contributed by atoms with van der Waals surface area (Å²) in [6.45, 7) is 3.95. The highest BCUT2D eigenvalue weighted by molar-refractivity contribution is 9.10. The van der Waals surface area contributed by atoms with Gasteiger partial charge in [-0.2, -0.15) is 0 Å². The van der Waals surface area contributed by atoms with Crippen LogP contribution in [0.15, 0.2) is 22.8 Å². The van der Waals surface area contributed by atoms with E-state index < -0.39 is 0 Å². The SMILES string of the molecule is Brc1nc(-c2ccc3c(c2)OCCO3)n2c1CNCC2. The molecular weight excluding hydrogens is 322 g/mol. The zero-order valence-corrected chi connectivity index (χ0v) is 12.4. The van der Waals surface area contributed by atoms with E-state index in [4.69, 9.17) is 9.47 Å². The Morgan fingerprint density at radius 3 is 2.95 bits per heavy atom. The maximum absolute atomic E-state index is 5.65. The van der Waals surface area contributed by atoms with Crippen molar-refractivity contribution in [2.45, 2.75) is 13.1 Å². The zero-order valence-electron chi connectivity index (χ0n) is 10.9. The van der Waals surface area contributed by atoms with Crippen molar-refractivity contribution in [3.05, 3.63) is 28.5 Å². The zero-order chi connectivity index (χ0) is 13.5. The lowest BCUT2D eigenvalue weighted by Gasteiger charge is -2.20. The molecule has 0 unspecified atom stereocenters. The van der Waals surface area contributed by atoms with Gasteiger partial charge in [-0.05, 0) is 34.1 Å². The van der Waals surface area contributed by atoms with Crippen LogP contribution in [-0.4, -0.2) is 29.3 Å². The molecule has 0 bridgehead atoms. The summed E-state index contributed by atoms with van der Waals surface area (Å²) in [5, 5.41) is 3.36. The molecular formula is C14H14BrN3O2. The number of fused-ring (bicyclic) bond motifs is 2. The molecule has 1 aromatic heterocycles. The van der Waals surface area contributed by atoms with Gasteiger partial charge < -0.3 is 19.4 Å². The molecule has 0 saturated heterocycles. The highest BCUT2D eigenvalue weighted by Crippen LogP contribution is 2.35. The highest BCUT2D eigenvalue weighted by Gasteiger charge is 2.21. The standard InChI is InChI=1S/C14H14BrN3O2/c15-13-10-8-16-3-4-18(10)14(17-13)9-1-2-11-12(7-9)20-6-5-19-11/h1-2,7,16H,3-6,8H2. The molecule has 0 saturated carbocycles. The van der Waals surface area contributed by atoms with E-state index in [2.05, 4.69) is 30.8 Å².